The second-order valence-corrected chi connectivity index (χ2v) is 2.94. The van der Waals surface area contributed by atoms with Crippen molar-refractivity contribution in [3.05, 3.63) is 36.4 Å². The van der Waals surface area contributed by atoms with Crippen molar-refractivity contribution >= 4 is 11.5 Å². The summed E-state index contributed by atoms with van der Waals surface area (Å²) in [6, 6.07) is 11.4. The van der Waals surface area contributed by atoms with E-state index >= 15 is 0 Å². The minimum Gasteiger partial charge on any atom is -0.396 e. The van der Waals surface area contributed by atoms with Crippen LogP contribution >= 0.6 is 0 Å². The van der Waals surface area contributed by atoms with Gasteiger partial charge in [-0.3, -0.25) is 0 Å². The normalized spacial score (nSPS) is 10.0. The lowest BCUT2D eigenvalue weighted by Gasteiger charge is -2.02. The van der Waals surface area contributed by atoms with Crippen molar-refractivity contribution < 1.29 is 0 Å². The summed E-state index contributed by atoms with van der Waals surface area (Å²) >= 11 is 0. The van der Waals surface area contributed by atoms with Crippen LogP contribution in [0.15, 0.2) is 36.4 Å². The standard InChI is InChI=1S/C10H10N4/c11-8-6-9(13-14-10(8)12)7-4-2-1-3-5-7/h1-6H,(H2,11,13)(H2,12,14). The molecule has 0 spiro atoms. The molecule has 2 rings (SSSR count). The number of benzene rings is 1. The molecule has 0 fully saturated rings. The van der Waals surface area contributed by atoms with E-state index in [1.807, 2.05) is 30.3 Å². The third kappa shape index (κ3) is 1.50. The molecule has 70 valence electrons. The lowest BCUT2D eigenvalue weighted by Crippen LogP contribution is -2.00. The molecule has 0 atom stereocenters. The first-order valence-electron chi connectivity index (χ1n) is 4.21. The lowest BCUT2D eigenvalue weighted by atomic mass is 10.1. The average molecular weight is 186 g/mol. The van der Waals surface area contributed by atoms with E-state index < -0.39 is 0 Å². The molecule has 0 bridgehead atoms. The van der Waals surface area contributed by atoms with Crippen molar-refractivity contribution in [3.8, 4) is 11.3 Å². The number of anilines is 2. The average Bonchev–Trinajstić information content (AvgIpc) is 2.23. The molecule has 4 nitrogen and oxygen atoms in total. The summed E-state index contributed by atoms with van der Waals surface area (Å²) in [6.45, 7) is 0. The van der Waals surface area contributed by atoms with E-state index in [-0.39, 0.29) is 5.82 Å². The minimum absolute atomic E-state index is 0.268. The van der Waals surface area contributed by atoms with Crippen LogP contribution in [0.25, 0.3) is 11.3 Å². The summed E-state index contributed by atoms with van der Waals surface area (Å²) in [7, 11) is 0. The zero-order valence-corrected chi connectivity index (χ0v) is 7.51. The molecule has 0 aliphatic rings. The molecule has 0 radical (unpaired) electrons. The second kappa shape index (κ2) is 3.33. The van der Waals surface area contributed by atoms with Gasteiger partial charge in [0.25, 0.3) is 0 Å². The van der Waals surface area contributed by atoms with E-state index in [2.05, 4.69) is 10.2 Å². The molecule has 0 saturated heterocycles. The summed E-state index contributed by atoms with van der Waals surface area (Å²) in [6.07, 6.45) is 0. The zero-order chi connectivity index (χ0) is 9.97. The Morgan fingerprint density at radius 1 is 0.929 bits per heavy atom. The highest BCUT2D eigenvalue weighted by molar-refractivity contribution is 5.67. The van der Waals surface area contributed by atoms with Crippen LogP contribution in [-0.4, -0.2) is 10.2 Å². The van der Waals surface area contributed by atoms with Gasteiger partial charge >= 0.3 is 0 Å². The first kappa shape index (κ1) is 8.50. The van der Waals surface area contributed by atoms with Crippen LogP contribution in [0.1, 0.15) is 0 Å². The zero-order valence-electron chi connectivity index (χ0n) is 7.51. The van der Waals surface area contributed by atoms with Crippen molar-refractivity contribution in [2.75, 3.05) is 11.5 Å². The molecular weight excluding hydrogens is 176 g/mol. The third-order valence-electron chi connectivity index (χ3n) is 1.92. The highest BCUT2D eigenvalue weighted by Gasteiger charge is 2.02. The Hall–Kier alpha value is -2.10. The van der Waals surface area contributed by atoms with Crippen LogP contribution in [-0.2, 0) is 0 Å². The molecule has 0 aliphatic heterocycles. The van der Waals surface area contributed by atoms with Crippen LogP contribution in [0.4, 0.5) is 11.5 Å². The van der Waals surface area contributed by atoms with Gasteiger partial charge in [-0.25, -0.2) is 0 Å². The van der Waals surface area contributed by atoms with Gasteiger partial charge in [0.05, 0.1) is 11.4 Å². The minimum atomic E-state index is 0.268. The number of hydrogen-bond donors (Lipinski definition) is 2. The van der Waals surface area contributed by atoms with E-state index in [9.17, 15) is 0 Å². The number of rotatable bonds is 1. The maximum Gasteiger partial charge on any atom is 0.169 e. The van der Waals surface area contributed by atoms with Crippen LogP contribution in [0.3, 0.4) is 0 Å². The molecule has 1 aromatic heterocycles. The van der Waals surface area contributed by atoms with E-state index in [1.54, 1.807) is 6.07 Å². The molecule has 0 unspecified atom stereocenters. The fraction of sp³-hybridized carbons (Fsp3) is 0. The maximum absolute atomic E-state index is 5.63. The van der Waals surface area contributed by atoms with Gasteiger partial charge < -0.3 is 11.5 Å². The molecular formula is C10H10N4. The predicted octanol–water partition coefficient (Wildman–Crippen LogP) is 1.31. The van der Waals surface area contributed by atoms with E-state index in [1.165, 1.54) is 0 Å². The molecule has 4 heteroatoms. The van der Waals surface area contributed by atoms with Crippen LogP contribution in [0.5, 0.6) is 0 Å². The quantitative estimate of drug-likeness (QED) is 0.703. The Morgan fingerprint density at radius 3 is 2.29 bits per heavy atom. The van der Waals surface area contributed by atoms with Crippen molar-refractivity contribution in [1.82, 2.24) is 10.2 Å². The van der Waals surface area contributed by atoms with Gasteiger partial charge in [-0.15, -0.1) is 10.2 Å². The van der Waals surface area contributed by atoms with Gasteiger partial charge in [0.15, 0.2) is 5.82 Å². The van der Waals surface area contributed by atoms with Crippen molar-refractivity contribution in [1.29, 1.82) is 0 Å². The Balaban J connectivity index is 2.48. The Labute approximate surface area is 81.6 Å². The van der Waals surface area contributed by atoms with Gasteiger partial charge in [0.2, 0.25) is 0 Å². The predicted molar refractivity (Wildman–Crippen MR) is 56.3 cm³/mol. The molecule has 14 heavy (non-hydrogen) atoms. The number of nitrogen functional groups attached to an aromatic ring is 2. The van der Waals surface area contributed by atoms with E-state index in [0.29, 0.717) is 5.69 Å². The molecule has 0 saturated carbocycles. The van der Waals surface area contributed by atoms with Gasteiger partial charge in [0.1, 0.15) is 0 Å². The van der Waals surface area contributed by atoms with Crippen molar-refractivity contribution in [3.63, 3.8) is 0 Å². The summed E-state index contributed by atoms with van der Waals surface area (Å²) in [5, 5.41) is 7.71. The molecule has 0 amide bonds. The summed E-state index contributed by atoms with van der Waals surface area (Å²) in [5.74, 6) is 0.268. The number of nitrogens with zero attached hydrogens (tertiary/aromatic N) is 2. The molecule has 1 heterocycles. The monoisotopic (exact) mass is 186 g/mol. The van der Waals surface area contributed by atoms with Gasteiger partial charge in [0, 0.05) is 5.56 Å². The molecule has 0 aliphatic carbocycles. The first-order chi connectivity index (χ1) is 6.77. The third-order valence-corrected chi connectivity index (χ3v) is 1.92. The first-order valence-corrected chi connectivity index (χ1v) is 4.21. The van der Waals surface area contributed by atoms with Crippen LogP contribution in [0, 0.1) is 0 Å². The summed E-state index contributed by atoms with van der Waals surface area (Å²) in [4.78, 5) is 0. The Morgan fingerprint density at radius 2 is 1.64 bits per heavy atom. The highest BCUT2D eigenvalue weighted by atomic mass is 15.1. The Kier molecular flexibility index (Phi) is 2.02. The molecule has 2 aromatic rings. The molecule has 4 N–H and O–H groups in total. The summed E-state index contributed by atoms with van der Waals surface area (Å²) in [5.41, 5.74) is 13.3. The topological polar surface area (TPSA) is 77.8 Å². The fourth-order valence-electron chi connectivity index (χ4n) is 1.17. The maximum atomic E-state index is 5.63. The molecule has 1 aromatic carbocycles. The van der Waals surface area contributed by atoms with Crippen LogP contribution in [0.2, 0.25) is 0 Å². The van der Waals surface area contributed by atoms with Crippen molar-refractivity contribution in [2.24, 2.45) is 0 Å². The SMILES string of the molecule is Nc1cc(-c2ccccc2)nnc1N. The van der Waals surface area contributed by atoms with Crippen LogP contribution < -0.4 is 11.5 Å². The second-order valence-electron chi connectivity index (χ2n) is 2.94. The lowest BCUT2D eigenvalue weighted by molar-refractivity contribution is 1.05. The van der Waals surface area contributed by atoms with E-state index in [4.69, 9.17) is 11.5 Å². The number of hydrogen-bond acceptors (Lipinski definition) is 4. The van der Waals surface area contributed by atoms with Crippen molar-refractivity contribution in [2.45, 2.75) is 0 Å². The van der Waals surface area contributed by atoms with Gasteiger partial charge in [-0.2, -0.15) is 0 Å². The van der Waals surface area contributed by atoms with Gasteiger partial charge in [-0.1, -0.05) is 30.3 Å². The highest BCUT2D eigenvalue weighted by Crippen LogP contribution is 2.19. The number of nitrogens with two attached hydrogens (primary N) is 2. The van der Waals surface area contributed by atoms with E-state index in [0.717, 1.165) is 11.3 Å². The Bertz CT molecular complexity index is 439. The smallest absolute Gasteiger partial charge is 0.169 e. The largest absolute Gasteiger partial charge is 0.396 e. The van der Waals surface area contributed by atoms with Gasteiger partial charge in [-0.05, 0) is 6.07 Å². The fourth-order valence-corrected chi connectivity index (χ4v) is 1.17. The summed E-state index contributed by atoms with van der Waals surface area (Å²) < 4.78 is 0. The number of aromatic nitrogens is 2.